The van der Waals surface area contributed by atoms with Gasteiger partial charge in [-0.2, -0.15) is 0 Å². The average Bonchev–Trinajstić information content (AvgIpc) is 2.40. The van der Waals surface area contributed by atoms with E-state index >= 15 is 0 Å². The molecule has 2 aromatic rings. The van der Waals surface area contributed by atoms with Gasteiger partial charge in [-0.25, -0.2) is 4.79 Å². The molecule has 1 N–H and O–H groups in total. The molecule has 0 spiro atoms. The van der Waals surface area contributed by atoms with E-state index in [0.717, 1.165) is 0 Å². The van der Waals surface area contributed by atoms with Crippen molar-refractivity contribution in [3.8, 4) is 5.75 Å². The third kappa shape index (κ3) is 2.22. The number of allylic oxidation sites excluding steroid dienone is 1. The third-order valence-corrected chi connectivity index (χ3v) is 2.82. The number of carboxylic acid groups (broad SMARTS) is 1. The molecule has 0 saturated heterocycles. The second-order valence-corrected chi connectivity index (χ2v) is 3.99. The Hall–Kier alpha value is -2.56. The number of aromatic nitrogens is 1. The summed E-state index contributed by atoms with van der Waals surface area (Å²) in [5.41, 5.74) is 0.502. The first-order chi connectivity index (χ1) is 9.08. The zero-order chi connectivity index (χ0) is 14.0. The molecule has 0 radical (unpaired) electrons. The molecule has 0 saturated carbocycles. The van der Waals surface area contributed by atoms with Crippen molar-refractivity contribution in [2.75, 3.05) is 7.11 Å². The molecule has 0 aliphatic rings. The van der Waals surface area contributed by atoms with E-state index in [1.807, 2.05) is 0 Å². The van der Waals surface area contributed by atoms with E-state index in [0.29, 0.717) is 23.2 Å². The molecule has 98 valence electrons. The van der Waals surface area contributed by atoms with Crippen molar-refractivity contribution in [1.82, 2.24) is 4.57 Å². The summed E-state index contributed by atoms with van der Waals surface area (Å²) < 4.78 is 6.70. The smallest absolute Gasteiger partial charge is 0.335 e. The van der Waals surface area contributed by atoms with Gasteiger partial charge in [-0.1, -0.05) is 6.08 Å². The van der Waals surface area contributed by atoms with E-state index in [2.05, 4.69) is 6.58 Å². The molecular weight excluding hydrogens is 246 g/mol. The number of methoxy groups -OCH3 is 1. The predicted molar refractivity (Wildman–Crippen MR) is 71.9 cm³/mol. The van der Waals surface area contributed by atoms with E-state index in [9.17, 15) is 9.59 Å². The average molecular weight is 259 g/mol. The van der Waals surface area contributed by atoms with E-state index in [-0.39, 0.29) is 11.1 Å². The number of benzene rings is 1. The number of carbonyl (C=O) groups is 1. The summed E-state index contributed by atoms with van der Waals surface area (Å²) in [4.78, 5) is 22.9. The molecule has 2 rings (SSSR count). The lowest BCUT2D eigenvalue weighted by atomic mass is 10.1. The van der Waals surface area contributed by atoms with Crippen molar-refractivity contribution in [1.29, 1.82) is 0 Å². The minimum Gasteiger partial charge on any atom is -0.495 e. The summed E-state index contributed by atoms with van der Waals surface area (Å²) in [6.07, 6.45) is 1.60. The first-order valence-corrected chi connectivity index (χ1v) is 5.64. The fraction of sp³-hybridized carbons (Fsp3) is 0.143. The maximum absolute atomic E-state index is 11.9. The highest BCUT2D eigenvalue weighted by molar-refractivity contribution is 5.96. The summed E-state index contributed by atoms with van der Waals surface area (Å²) in [5.74, 6) is -0.684. The number of fused-ring (bicyclic) bond motifs is 1. The summed E-state index contributed by atoms with van der Waals surface area (Å²) in [6, 6.07) is 5.91. The van der Waals surface area contributed by atoms with Crippen LogP contribution in [0, 0.1) is 0 Å². The van der Waals surface area contributed by atoms with Crippen LogP contribution in [0.2, 0.25) is 0 Å². The molecule has 0 aliphatic carbocycles. The number of hydrogen-bond donors (Lipinski definition) is 1. The molecule has 19 heavy (non-hydrogen) atoms. The highest BCUT2D eigenvalue weighted by atomic mass is 16.5. The van der Waals surface area contributed by atoms with Crippen LogP contribution in [0.4, 0.5) is 0 Å². The lowest BCUT2D eigenvalue weighted by Crippen LogP contribution is -2.19. The van der Waals surface area contributed by atoms with Crippen molar-refractivity contribution in [2.24, 2.45) is 0 Å². The Labute approximate surface area is 109 Å². The number of pyridine rings is 1. The summed E-state index contributed by atoms with van der Waals surface area (Å²) in [7, 11) is 1.44. The highest BCUT2D eigenvalue weighted by Crippen LogP contribution is 2.26. The Morgan fingerprint density at radius 1 is 1.47 bits per heavy atom. The minimum atomic E-state index is -1.04. The zero-order valence-corrected chi connectivity index (χ0v) is 10.4. The van der Waals surface area contributed by atoms with Crippen LogP contribution in [0.5, 0.6) is 5.75 Å². The van der Waals surface area contributed by atoms with Crippen LogP contribution < -0.4 is 10.3 Å². The molecule has 0 amide bonds. The van der Waals surface area contributed by atoms with Gasteiger partial charge in [0.15, 0.2) is 0 Å². The Balaban J connectivity index is 2.89. The molecule has 1 aromatic heterocycles. The molecule has 0 atom stereocenters. The van der Waals surface area contributed by atoms with Gasteiger partial charge >= 0.3 is 5.97 Å². The molecule has 1 heterocycles. The van der Waals surface area contributed by atoms with Crippen LogP contribution in [0.25, 0.3) is 10.9 Å². The topological polar surface area (TPSA) is 68.5 Å². The van der Waals surface area contributed by atoms with Crippen LogP contribution in [0.15, 0.2) is 41.7 Å². The Morgan fingerprint density at radius 3 is 2.79 bits per heavy atom. The second kappa shape index (κ2) is 4.97. The van der Waals surface area contributed by atoms with Gasteiger partial charge in [0.1, 0.15) is 5.75 Å². The van der Waals surface area contributed by atoms with Gasteiger partial charge in [-0.05, 0) is 18.2 Å². The molecular formula is C14H13NO4. The van der Waals surface area contributed by atoms with Crippen molar-refractivity contribution >= 4 is 16.9 Å². The number of rotatable bonds is 4. The summed E-state index contributed by atoms with van der Waals surface area (Å²) in [5, 5.41) is 9.69. The van der Waals surface area contributed by atoms with E-state index in [4.69, 9.17) is 9.84 Å². The van der Waals surface area contributed by atoms with Crippen molar-refractivity contribution in [2.45, 2.75) is 6.54 Å². The summed E-state index contributed by atoms with van der Waals surface area (Å²) in [6.45, 7) is 3.94. The Morgan fingerprint density at radius 2 is 2.21 bits per heavy atom. The van der Waals surface area contributed by atoms with E-state index in [1.54, 1.807) is 12.1 Å². The first kappa shape index (κ1) is 12.9. The summed E-state index contributed by atoms with van der Waals surface area (Å²) >= 11 is 0. The monoisotopic (exact) mass is 259 g/mol. The third-order valence-electron chi connectivity index (χ3n) is 2.82. The molecule has 0 unspecified atom stereocenters. The van der Waals surface area contributed by atoms with Crippen molar-refractivity contribution in [3.05, 3.63) is 52.8 Å². The maximum Gasteiger partial charge on any atom is 0.335 e. The van der Waals surface area contributed by atoms with Crippen molar-refractivity contribution < 1.29 is 14.6 Å². The first-order valence-electron chi connectivity index (χ1n) is 5.64. The largest absolute Gasteiger partial charge is 0.495 e. The van der Waals surface area contributed by atoms with Crippen LogP contribution in [0.1, 0.15) is 10.4 Å². The zero-order valence-electron chi connectivity index (χ0n) is 10.4. The van der Waals surface area contributed by atoms with Crippen molar-refractivity contribution in [3.63, 3.8) is 0 Å². The quantitative estimate of drug-likeness (QED) is 0.851. The molecule has 5 heteroatoms. The normalized spacial score (nSPS) is 10.4. The van der Waals surface area contributed by atoms with Gasteiger partial charge in [0.25, 0.3) is 5.56 Å². The van der Waals surface area contributed by atoms with Gasteiger partial charge in [0.05, 0.1) is 18.2 Å². The molecule has 0 fully saturated rings. The van der Waals surface area contributed by atoms with Gasteiger partial charge < -0.3 is 14.4 Å². The lowest BCUT2D eigenvalue weighted by molar-refractivity contribution is 0.0696. The Kier molecular flexibility index (Phi) is 3.37. The van der Waals surface area contributed by atoms with E-state index in [1.165, 1.54) is 29.9 Å². The number of aromatic carboxylic acids is 1. The van der Waals surface area contributed by atoms with Crippen LogP contribution in [-0.4, -0.2) is 22.8 Å². The maximum atomic E-state index is 11.9. The fourth-order valence-corrected chi connectivity index (χ4v) is 2.00. The van der Waals surface area contributed by atoms with Crippen LogP contribution >= 0.6 is 0 Å². The molecule has 5 nitrogen and oxygen atoms in total. The second-order valence-electron chi connectivity index (χ2n) is 3.99. The molecule has 0 bridgehead atoms. The van der Waals surface area contributed by atoms with Gasteiger partial charge in [-0.15, -0.1) is 6.58 Å². The Bertz CT molecular complexity index is 715. The predicted octanol–water partition coefficient (Wildman–Crippen LogP) is 1.89. The van der Waals surface area contributed by atoms with Crippen LogP contribution in [0.3, 0.4) is 0 Å². The standard InChI is InChI=1S/C14H13NO4/c1-3-6-15-12(16)5-4-9-7-10(14(17)18)8-11(19-2)13(9)15/h3-5,7-8H,1,6H2,2H3,(H,17,18). The van der Waals surface area contributed by atoms with Crippen LogP contribution in [-0.2, 0) is 6.54 Å². The number of hydrogen-bond acceptors (Lipinski definition) is 3. The number of nitrogens with zero attached hydrogens (tertiary/aromatic N) is 1. The van der Waals surface area contributed by atoms with Gasteiger partial charge in [0.2, 0.25) is 0 Å². The fourth-order valence-electron chi connectivity index (χ4n) is 2.00. The van der Waals surface area contributed by atoms with Gasteiger partial charge in [0, 0.05) is 18.0 Å². The molecule has 0 aliphatic heterocycles. The molecule has 1 aromatic carbocycles. The number of ether oxygens (including phenoxy) is 1. The minimum absolute atomic E-state index is 0.119. The highest BCUT2D eigenvalue weighted by Gasteiger charge is 2.13. The van der Waals surface area contributed by atoms with Gasteiger partial charge in [-0.3, -0.25) is 4.79 Å². The lowest BCUT2D eigenvalue weighted by Gasteiger charge is -2.12. The SMILES string of the molecule is C=CCn1c(=O)ccc2cc(C(=O)O)cc(OC)c21. The number of carboxylic acids is 1. The van der Waals surface area contributed by atoms with E-state index < -0.39 is 5.97 Å².